The Bertz CT molecular complexity index is 967. The van der Waals surface area contributed by atoms with Crippen molar-refractivity contribution in [2.75, 3.05) is 37.9 Å². The van der Waals surface area contributed by atoms with Crippen molar-refractivity contribution in [3.05, 3.63) is 65.7 Å². The van der Waals surface area contributed by atoms with Gasteiger partial charge in [-0.3, -0.25) is 14.6 Å². The molecule has 1 amide bonds. The van der Waals surface area contributed by atoms with Crippen LogP contribution in [0.4, 0.5) is 5.69 Å². The van der Waals surface area contributed by atoms with Gasteiger partial charge in [0.05, 0.1) is 18.9 Å². The lowest BCUT2D eigenvalue weighted by molar-refractivity contribution is -0.152. The maximum Gasteiger partial charge on any atom is 0.335 e. The first kappa shape index (κ1) is 25.2. The van der Waals surface area contributed by atoms with Gasteiger partial charge in [0.15, 0.2) is 12.1 Å². The Balaban J connectivity index is 1.67. The van der Waals surface area contributed by atoms with E-state index in [1.165, 1.54) is 5.06 Å². The molecule has 0 saturated heterocycles. The lowest BCUT2D eigenvalue weighted by Gasteiger charge is -2.23. The molecule has 0 aliphatic carbocycles. The molecule has 1 aliphatic rings. The zero-order valence-electron chi connectivity index (χ0n) is 19.4. The number of hydrogen-bond donors (Lipinski definition) is 3. The van der Waals surface area contributed by atoms with Gasteiger partial charge < -0.3 is 20.5 Å². The third-order valence-corrected chi connectivity index (χ3v) is 5.07. The van der Waals surface area contributed by atoms with Crippen molar-refractivity contribution in [2.45, 2.75) is 32.3 Å². The Morgan fingerprint density at radius 3 is 2.76 bits per heavy atom. The molecule has 34 heavy (non-hydrogen) atoms. The number of carbonyl (C=O) groups excluding carboxylic acids is 2. The molecule has 1 atom stereocenters. The molecule has 9 heteroatoms. The zero-order valence-corrected chi connectivity index (χ0v) is 19.4. The third-order valence-electron chi connectivity index (χ3n) is 5.07. The summed E-state index contributed by atoms with van der Waals surface area (Å²) in [6, 6.07) is 15.9. The molecule has 182 valence electrons. The van der Waals surface area contributed by atoms with E-state index in [2.05, 4.69) is 15.6 Å². The monoisotopic (exact) mass is 468 g/mol. The fraction of sp³-hybridized carbons (Fsp3) is 0.400. The van der Waals surface area contributed by atoms with E-state index in [4.69, 9.17) is 9.57 Å². The number of hydroxylamine groups is 1. The van der Waals surface area contributed by atoms with Gasteiger partial charge >= 0.3 is 5.97 Å². The first-order valence-electron chi connectivity index (χ1n) is 11.6. The fourth-order valence-electron chi connectivity index (χ4n) is 3.39. The molecule has 0 bridgehead atoms. The first-order chi connectivity index (χ1) is 16.6. The Morgan fingerprint density at radius 2 is 2.03 bits per heavy atom. The molecule has 1 unspecified atom stereocenters. The highest BCUT2D eigenvalue weighted by atomic mass is 16.7. The van der Waals surface area contributed by atoms with E-state index < -0.39 is 12.1 Å². The van der Waals surface area contributed by atoms with Crippen LogP contribution < -0.4 is 15.7 Å². The maximum atomic E-state index is 13.2. The minimum atomic E-state index is -1.28. The number of hydrogen-bond acceptors (Lipinski definition) is 8. The topological polar surface area (TPSA) is 112 Å². The van der Waals surface area contributed by atoms with Crippen molar-refractivity contribution >= 4 is 23.5 Å². The van der Waals surface area contributed by atoms with Crippen LogP contribution in [-0.4, -0.2) is 61.9 Å². The molecule has 2 aromatic rings. The summed E-state index contributed by atoms with van der Waals surface area (Å²) in [6.07, 6.45) is 0.470. The van der Waals surface area contributed by atoms with Crippen LogP contribution in [0.1, 0.15) is 35.7 Å². The normalized spacial score (nSPS) is 13.9. The molecule has 0 radical (unpaired) electrons. The summed E-state index contributed by atoms with van der Waals surface area (Å²) in [7, 11) is 0. The second kappa shape index (κ2) is 13.3. The fourth-order valence-corrected chi connectivity index (χ4v) is 3.39. The van der Waals surface area contributed by atoms with E-state index in [1.807, 2.05) is 6.07 Å². The van der Waals surface area contributed by atoms with Crippen molar-refractivity contribution < 1.29 is 24.3 Å². The van der Waals surface area contributed by atoms with Gasteiger partial charge in [0, 0.05) is 31.6 Å². The highest BCUT2D eigenvalue weighted by molar-refractivity contribution is 6.04. The molecule has 0 fully saturated rings. The van der Waals surface area contributed by atoms with Gasteiger partial charge in [0.2, 0.25) is 0 Å². The van der Waals surface area contributed by atoms with Crippen LogP contribution in [0.5, 0.6) is 0 Å². The standard InChI is InChI=1S/C25H32N4O5/c1-2-33-24(32)22(30)18-19-9-6-12-21(17-19)29(23(31)20-10-4-3-5-11-20)34-16-8-15-28-25-26-13-7-14-27-25/h3-6,9-12,17,22,30H,2,7-8,13-16,18H2,1H3,(H2,26,27,28). The Labute approximate surface area is 199 Å². The van der Waals surface area contributed by atoms with Gasteiger partial charge in [-0.05, 0) is 49.6 Å². The number of amides is 1. The molecule has 1 heterocycles. The maximum absolute atomic E-state index is 13.2. The number of nitrogens with one attached hydrogen (secondary N) is 2. The Morgan fingerprint density at radius 1 is 1.21 bits per heavy atom. The number of guanidine groups is 1. The third kappa shape index (κ3) is 7.57. The highest BCUT2D eigenvalue weighted by Crippen LogP contribution is 2.21. The smallest absolute Gasteiger partial charge is 0.335 e. The summed E-state index contributed by atoms with van der Waals surface area (Å²) in [4.78, 5) is 35.3. The summed E-state index contributed by atoms with van der Waals surface area (Å²) >= 11 is 0. The summed E-state index contributed by atoms with van der Waals surface area (Å²) in [5.74, 6) is -0.197. The van der Waals surface area contributed by atoms with Gasteiger partial charge in [-0.2, -0.15) is 5.06 Å². The summed E-state index contributed by atoms with van der Waals surface area (Å²) in [5.41, 5.74) is 1.67. The van der Waals surface area contributed by atoms with Crippen LogP contribution in [-0.2, 0) is 20.8 Å². The molecular weight excluding hydrogens is 436 g/mol. The van der Waals surface area contributed by atoms with Gasteiger partial charge in [-0.1, -0.05) is 30.3 Å². The lowest BCUT2D eigenvalue weighted by Crippen LogP contribution is -2.41. The van der Waals surface area contributed by atoms with Crippen molar-refractivity contribution in [1.29, 1.82) is 0 Å². The number of benzene rings is 2. The number of nitrogens with zero attached hydrogens (tertiary/aromatic N) is 2. The quantitative estimate of drug-likeness (QED) is 0.263. The molecule has 0 saturated carbocycles. The SMILES string of the molecule is CCOC(=O)C(O)Cc1cccc(N(OCCCNC2=NCCCN2)C(=O)c2ccccc2)c1. The molecule has 0 aromatic heterocycles. The number of ether oxygens (including phenoxy) is 1. The number of aliphatic hydroxyl groups excluding tert-OH is 1. The number of anilines is 1. The van der Waals surface area contributed by atoms with Gasteiger partial charge in [-0.15, -0.1) is 0 Å². The summed E-state index contributed by atoms with van der Waals surface area (Å²) < 4.78 is 4.87. The average molecular weight is 469 g/mol. The van der Waals surface area contributed by atoms with Crippen molar-refractivity contribution in [2.24, 2.45) is 4.99 Å². The van der Waals surface area contributed by atoms with E-state index in [0.29, 0.717) is 36.4 Å². The molecular formula is C25H32N4O5. The summed E-state index contributed by atoms with van der Waals surface area (Å²) in [5, 5.41) is 17.8. The zero-order chi connectivity index (χ0) is 24.2. The van der Waals surface area contributed by atoms with Gasteiger partial charge in [0.1, 0.15) is 0 Å². The number of esters is 1. The molecule has 0 spiro atoms. The second-order valence-corrected chi connectivity index (χ2v) is 7.73. The second-order valence-electron chi connectivity index (χ2n) is 7.73. The molecule has 3 rings (SSSR count). The van der Waals surface area contributed by atoms with Crippen LogP contribution in [0, 0.1) is 0 Å². The van der Waals surface area contributed by atoms with E-state index in [1.54, 1.807) is 55.5 Å². The van der Waals surface area contributed by atoms with Crippen LogP contribution in [0.2, 0.25) is 0 Å². The van der Waals surface area contributed by atoms with E-state index in [9.17, 15) is 14.7 Å². The van der Waals surface area contributed by atoms with Crippen molar-refractivity contribution in [3.8, 4) is 0 Å². The van der Waals surface area contributed by atoms with Gasteiger partial charge in [-0.25, -0.2) is 4.79 Å². The average Bonchev–Trinajstić information content (AvgIpc) is 2.87. The van der Waals surface area contributed by atoms with Crippen molar-refractivity contribution in [1.82, 2.24) is 10.6 Å². The molecule has 9 nitrogen and oxygen atoms in total. The number of rotatable bonds is 11. The van der Waals surface area contributed by atoms with Crippen LogP contribution in [0.15, 0.2) is 59.6 Å². The first-order valence-corrected chi connectivity index (χ1v) is 11.6. The summed E-state index contributed by atoms with van der Waals surface area (Å²) in [6.45, 7) is 4.54. The molecule has 2 aromatic carbocycles. The van der Waals surface area contributed by atoms with Crippen molar-refractivity contribution in [3.63, 3.8) is 0 Å². The van der Waals surface area contributed by atoms with E-state index in [-0.39, 0.29) is 18.9 Å². The van der Waals surface area contributed by atoms with Crippen LogP contribution in [0.3, 0.4) is 0 Å². The Hall–Kier alpha value is -3.43. The van der Waals surface area contributed by atoms with Crippen LogP contribution >= 0.6 is 0 Å². The number of carbonyl (C=O) groups is 2. The number of aliphatic hydroxyl groups is 1. The minimum absolute atomic E-state index is 0.0685. The predicted molar refractivity (Wildman–Crippen MR) is 130 cm³/mol. The number of aliphatic imine (C=N–C) groups is 1. The minimum Gasteiger partial charge on any atom is -0.464 e. The van der Waals surface area contributed by atoms with Crippen LogP contribution in [0.25, 0.3) is 0 Å². The largest absolute Gasteiger partial charge is 0.464 e. The Kier molecular flexibility index (Phi) is 9.87. The van der Waals surface area contributed by atoms with E-state index in [0.717, 1.165) is 25.5 Å². The molecule has 3 N–H and O–H groups in total. The highest BCUT2D eigenvalue weighted by Gasteiger charge is 2.21. The predicted octanol–water partition coefficient (Wildman–Crippen LogP) is 2.06. The van der Waals surface area contributed by atoms with Gasteiger partial charge in [0.25, 0.3) is 5.91 Å². The molecule has 1 aliphatic heterocycles. The van der Waals surface area contributed by atoms with E-state index >= 15 is 0 Å². The lowest BCUT2D eigenvalue weighted by atomic mass is 10.1.